The van der Waals surface area contributed by atoms with Gasteiger partial charge in [-0.05, 0) is 24.3 Å². The van der Waals surface area contributed by atoms with Crippen LogP contribution in [-0.2, 0) is 25.6 Å². The summed E-state index contributed by atoms with van der Waals surface area (Å²) in [7, 11) is 0. The largest absolute Gasteiger partial charge is 0.352 e. The quantitative estimate of drug-likeness (QED) is 0.205. The minimum Gasteiger partial charge on any atom is -0.352 e. The third kappa shape index (κ3) is 13.1. The summed E-state index contributed by atoms with van der Waals surface area (Å²) in [6.07, 6.45) is 15.5. The first kappa shape index (κ1) is 32.8. The molecule has 0 saturated carbocycles. The summed E-state index contributed by atoms with van der Waals surface area (Å²) >= 11 is 0. The highest BCUT2D eigenvalue weighted by Gasteiger charge is 2.27. The molecule has 0 fully saturated rings. The molecule has 1 aliphatic rings. The van der Waals surface area contributed by atoms with Crippen LogP contribution >= 0.6 is 0 Å². The zero-order chi connectivity index (χ0) is 29.2. The molecule has 0 unspecified atom stereocenters. The van der Waals surface area contributed by atoms with Crippen molar-refractivity contribution in [2.24, 2.45) is 5.92 Å². The second kappa shape index (κ2) is 18.8. The number of nitrogens with one attached hydrogen (secondary N) is 4. The molecule has 40 heavy (non-hydrogen) atoms. The van der Waals surface area contributed by atoms with Crippen LogP contribution in [0.2, 0.25) is 0 Å². The van der Waals surface area contributed by atoms with Crippen LogP contribution in [0, 0.1) is 5.92 Å². The second-order valence-electron chi connectivity index (χ2n) is 10.8. The van der Waals surface area contributed by atoms with Crippen molar-refractivity contribution in [2.45, 2.75) is 103 Å². The molecule has 0 radical (unpaired) electrons. The van der Waals surface area contributed by atoms with E-state index in [9.17, 15) is 19.2 Å². The first-order chi connectivity index (χ1) is 19.3. The SMILES string of the molecule is CCCCCCCCCC(=O)N[C@@H](Cc1ccccc1)C(=O)N[C@H]1/C=C/CCNC(=O)/C=C/[C@H](C(C)C)NC1=O. The van der Waals surface area contributed by atoms with E-state index in [1.807, 2.05) is 44.2 Å². The summed E-state index contributed by atoms with van der Waals surface area (Å²) in [5.41, 5.74) is 0.915. The molecule has 0 aliphatic carbocycles. The van der Waals surface area contributed by atoms with Gasteiger partial charge < -0.3 is 21.3 Å². The van der Waals surface area contributed by atoms with Crippen LogP contribution in [0.15, 0.2) is 54.6 Å². The lowest BCUT2D eigenvalue weighted by Crippen LogP contribution is -2.55. The zero-order valence-corrected chi connectivity index (χ0v) is 24.4. The Balaban J connectivity index is 2.09. The molecule has 1 aliphatic heterocycles. The van der Waals surface area contributed by atoms with E-state index in [1.54, 1.807) is 18.2 Å². The van der Waals surface area contributed by atoms with E-state index < -0.39 is 18.0 Å². The molecule has 2 rings (SSSR count). The molecular weight excluding hydrogens is 504 g/mol. The average Bonchev–Trinajstić information content (AvgIpc) is 2.93. The van der Waals surface area contributed by atoms with E-state index in [0.717, 1.165) is 24.8 Å². The first-order valence-corrected chi connectivity index (χ1v) is 14.9. The highest BCUT2D eigenvalue weighted by atomic mass is 16.2. The van der Waals surface area contributed by atoms with Crippen LogP contribution in [0.5, 0.6) is 0 Å². The summed E-state index contributed by atoms with van der Waals surface area (Å²) in [5, 5.41) is 11.5. The Hall–Kier alpha value is -3.42. The van der Waals surface area contributed by atoms with E-state index in [-0.39, 0.29) is 29.7 Å². The molecule has 0 spiro atoms. The van der Waals surface area contributed by atoms with Gasteiger partial charge >= 0.3 is 0 Å². The van der Waals surface area contributed by atoms with E-state index in [0.29, 0.717) is 25.8 Å². The molecule has 220 valence electrons. The standard InChI is InChI=1S/C32H48N4O4/c1-4-5-6-7-8-9-13-19-30(38)34-28(23-25-16-11-10-12-17-25)32(40)36-27-18-14-15-22-33-29(37)21-20-26(24(2)3)35-31(27)39/h10-12,14,16-18,20-21,24,26-28H,4-9,13,15,19,22-23H2,1-3H3,(H,33,37)(H,34,38)(H,35,39)(H,36,40)/b18-14+,21-20+/t26-,27+,28+/m1/s1. The second-order valence-corrected chi connectivity index (χ2v) is 10.8. The molecule has 1 heterocycles. The van der Waals surface area contributed by atoms with Crippen molar-refractivity contribution in [3.63, 3.8) is 0 Å². The molecule has 8 heteroatoms. The molecule has 0 bridgehead atoms. The fourth-order valence-corrected chi connectivity index (χ4v) is 4.48. The Morgan fingerprint density at radius 3 is 2.38 bits per heavy atom. The predicted molar refractivity (Wildman–Crippen MR) is 159 cm³/mol. The number of amides is 4. The van der Waals surface area contributed by atoms with Crippen molar-refractivity contribution >= 4 is 23.6 Å². The fraction of sp³-hybridized carbons (Fsp3) is 0.562. The molecule has 0 saturated heterocycles. The van der Waals surface area contributed by atoms with Crippen molar-refractivity contribution in [1.82, 2.24) is 21.3 Å². The maximum absolute atomic E-state index is 13.5. The average molecular weight is 553 g/mol. The molecular formula is C32H48N4O4. The first-order valence-electron chi connectivity index (χ1n) is 14.9. The van der Waals surface area contributed by atoms with Crippen LogP contribution in [0.1, 0.15) is 84.1 Å². The van der Waals surface area contributed by atoms with Gasteiger partial charge in [-0.3, -0.25) is 19.2 Å². The van der Waals surface area contributed by atoms with Crippen molar-refractivity contribution in [1.29, 1.82) is 0 Å². The summed E-state index contributed by atoms with van der Waals surface area (Å²) in [6, 6.07) is 7.40. The van der Waals surface area contributed by atoms with Crippen molar-refractivity contribution in [2.75, 3.05) is 6.54 Å². The predicted octanol–water partition coefficient (Wildman–Crippen LogP) is 4.11. The lowest BCUT2D eigenvalue weighted by molar-refractivity contribution is -0.131. The van der Waals surface area contributed by atoms with Gasteiger partial charge in [-0.25, -0.2) is 0 Å². The van der Waals surface area contributed by atoms with Gasteiger partial charge in [0.25, 0.3) is 0 Å². The Morgan fingerprint density at radius 2 is 1.68 bits per heavy atom. The lowest BCUT2D eigenvalue weighted by atomic mass is 10.0. The Morgan fingerprint density at radius 1 is 0.975 bits per heavy atom. The molecule has 3 atom stereocenters. The van der Waals surface area contributed by atoms with E-state index >= 15 is 0 Å². The van der Waals surface area contributed by atoms with E-state index in [1.165, 1.54) is 31.8 Å². The topological polar surface area (TPSA) is 116 Å². The Kier molecular flexibility index (Phi) is 15.4. The van der Waals surface area contributed by atoms with Gasteiger partial charge in [0, 0.05) is 31.5 Å². The van der Waals surface area contributed by atoms with Crippen LogP contribution in [-0.4, -0.2) is 48.3 Å². The normalized spacial score (nSPS) is 20.3. The fourth-order valence-electron chi connectivity index (χ4n) is 4.48. The van der Waals surface area contributed by atoms with E-state index in [4.69, 9.17) is 0 Å². The van der Waals surface area contributed by atoms with Gasteiger partial charge in [0.15, 0.2) is 0 Å². The van der Waals surface area contributed by atoms with Crippen molar-refractivity contribution < 1.29 is 19.2 Å². The maximum atomic E-state index is 13.5. The van der Waals surface area contributed by atoms with Crippen molar-refractivity contribution in [3.8, 4) is 0 Å². The summed E-state index contributed by atoms with van der Waals surface area (Å²) in [6.45, 7) is 6.50. The number of hydrogen-bond acceptors (Lipinski definition) is 4. The van der Waals surface area contributed by atoms with Gasteiger partial charge in [0.05, 0.1) is 0 Å². The van der Waals surface area contributed by atoms with Crippen LogP contribution < -0.4 is 21.3 Å². The minimum atomic E-state index is -0.921. The third-order valence-electron chi connectivity index (χ3n) is 6.94. The molecule has 1 aromatic carbocycles. The van der Waals surface area contributed by atoms with Gasteiger partial charge in [-0.15, -0.1) is 0 Å². The van der Waals surface area contributed by atoms with Gasteiger partial charge in [-0.2, -0.15) is 0 Å². The molecule has 8 nitrogen and oxygen atoms in total. The maximum Gasteiger partial charge on any atom is 0.247 e. The summed E-state index contributed by atoms with van der Waals surface area (Å²) < 4.78 is 0. The van der Waals surface area contributed by atoms with Crippen LogP contribution in [0.25, 0.3) is 0 Å². The lowest BCUT2D eigenvalue weighted by Gasteiger charge is -2.25. The summed E-state index contributed by atoms with van der Waals surface area (Å²) in [5.74, 6) is -1.13. The number of carbonyl (C=O) groups excluding carboxylic acids is 4. The van der Waals surface area contributed by atoms with Gasteiger partial charge in [0.1, 0.15) is 12.1 Å². The smallest absolute Gasteiger partial charge is 0.247 e. The van der Waals surface area contributed by atoms with Gasteiger partial charge in [-0.1, -0.05) is 108 Å². The molecule has 0 aromatic heterocycles. The van der Waals surface area contributed by atoms with Crippen LogP contribution in [0.4, 0.5) is 0 Å². The minimum absolute atomic E-state index is 0.0352. The number of unbranched alkanes of at least 4 members (excludes halogenated alkanes) is 6. The number of benzene rings is 1. The number of rotatable bonds is 14. The van der Waals surface area contributed by atoms with E-state index in [2.05, 4.69) is 28.2 Å². The van der Waals surface area contributed by atoms with Gasteiger partial charge in [0.2, 0.25) is 23.6 Å². The monoisotopic (exact) mass is 552 g/mol. The third-order valence-corrected chi connectivity index (χ3v) is 6.94. The van der Waals surface area contributed by atoms with Crippen molar-refractivity contribution in [3.05, 3.63) is 60.2 Å². The number of carbonyl (C=O) groups is 4. The Bertz CT molecular complexity index is 990. The highest BCUT2D eigenvalue weighted by molar-refractivity contribution is 5.93. The molecule has 4 amide bonds. The van der Waals surface area contributed by atoms with Crippen LogP contribution in [0.3, 0.4) is 0 Å². The zero-order valence-electron chi connectivity index (χ0n) is 24.4. The Labute approximate surface area is 239 Å². The molecule has 1 aromatic rings. The number of hydrogen-bond donors (Lipinski definition) is 4. The highest BCUT2D eigenvalue weighted by Crippen LogP contribution is 2.10. The summed E-state index contributed by atoms with van der Waals surface area (Å²) in [4.78, 5) is 51.5. The molecule has 4 N–H and O–H groups in total.